The number of rotatable bonds is 1. The molecule has 1 aliphatic rings. The molecule has 5 heteroatoms. The summed E-state index contributed by atoms with van der Waals surface area (Å²) in [5, 5.41) is 2.65. The fourth-order valence-corrected chi connectivity index (χ4v) is 1.25. The van der Waals surface area contributed by atoms with Gasteiger partial charge in [-0.05, 0) is 25.4 Å². The lowest BCUT2D eigenvalue weighted by Gasteiger charge is -2.22. The molecule has 0 fully saturated rings. The molecule has 1 aliphatic heterocycles. The standard InChI is InChI=1S/C9H9BN2O2.C2H6.H2/c1-5-9(13)12-8-7(14-5)3-2-6(4-10)11-8;1-2;/h2-3,5H,4H2,1H3,(H,11,12,13);1-2H3;1H. The average molecular weight is 220 g/mol. The molecule has 1 atom stereocenters. The SMILES string of the molecule is CC.[B]Cc1ccc2c(n1)NC(=O)C(C)O2.[HH]. The number of hydrogen-bond donors (Lipinski definition) is 1. The Labute approximate surface area is 98.3 Å². The highest BCUT2D eigenvalue weighted by Gasteiger charge is 2.24. The Morgan fingerprint density at radius 2 is 2.25 bits per heavy atom. The van der Waals surface area contributed by atoms with Gasteiger partial charge in [0.1, 0.15) is 0 Å². The molecule has 0 bridgehead atoms. The molecule has 4 nitrogen and oxygen atoms in total. The first-order valence-corrected chi connectivity index (χ1v) is 5.38. The van der Waals surface area contributed by atoms with Gasteiger partial charge in [-0.3, -0.25) is 4.79 Å². The third-order valence-electron chi connectivity index (χ3n) is 2.04. The van der Waals surface area contributed by atoms with E-state index in [1.54, 1.807) is 19.1 Å². The lowest BCUT2D eigenvalue weighted by Crippen LogP contribution is -2.34. The highest BCUT2D eigenvalue weighted by atomic mass is 16.5. The van der Waals surface area contributed by atoms with Gasteiger partial charge in [-0.1, -0.05) is 13.8 Å². The largest absolute Gasteiger partial charge is 0.477 e. The minimum absolute atomic E-state index is 0. The van der Waals surface area contributed by atoms with Crippen LogP contribution in [0.25, 0.3) is 0 Å². The number of anilines is 1. The van der Waals surface area contributed by atoms with E-state index in [2.05, 4.69) is 10.3 Å². The maximum atomic E-state index is 11.2. The third kappa shape index (κ3) is 2.54. The number of nitrogens with one attached hydrogen (secondary N) is 1. The van der Waals surface area contributed by atoms with Crippen LogP contribution >= 0.6 is 0 Å². The van der Waals surface area contributed by atoms with E-state index >= 15 is 0 Å². The minimum Gasteiger partial charge on any atom is -0.477 e. The fraction of sp³-hybridized carbons (Fsp3) is 0.455. The molecule has 2 radical (unpaired) electrons. The van der Waals surface area contributed by atoms with Crippen molar-refractivity contribution in [2.45, 2.75) is 33.2 Å². The molecule has 0 aliphatic carbocycles. The fourth-order valence-electron chi connectivity index (χ4n) is 1.25. The molecule has 0 aromatic carbocycles. The van der Waals surface area contributed by atoms with Gasteiger partial charge >= 0.3 is 0 Å². The van der Waals surface area contributed by atoms with Gasteiger partial charge in [0.2, 0.25) is 0 Å². The normalized spacial score (nSPS) is 17.4. The Morgan fingerprint density at radius 3 is 2.88 bits per heavy atom. The summed E-state index contributed by atoms with van der Waals surface area (Å²) in [4.78, 5) is 15.4. The van der Waals surface area contributed by atoms with Crippen LogP contribution in [0.4, 0.5) is 5.82 Å². The zero-order valence-electron chi connectivity index (χ0n) is 9.78. The van der Waals surface area contributed by atoms with Crippen molar-refractivity contribution in [3.63, 3.8) is 0 Å². The number of carbonyl (C=O) groups is 1. The monoisotopic (exact) mass is 220 g/mol. The summed E-state index contributed by atoms with van der Waals surface area (Å²) >= 11 is 0. The average Bonchev–Trinajstić information content (AvgIpc) is 2.33. The minimum atomic E-state index is -0.465. The Bertz CT molecular complexity index is 388. The van der Waals surface area contributed by atoms with E-state index in [-0.39, 0.29) is 7.33 Å². The van der Waals surface area contributed by atoms with Gasteiger partial charge in [-0.25, -0.2) is 4.98 Å². The van der Waals surface area contributed by atoms with Crippen molar-refractivity contribution in [2.75, 3.05) is 5.32 Å². The number of aromatic nitrogens is 1. The Hall–Kier alpha value is -1.52. The summed E-state index contributed by atoms with van der Waals surface area (Å²) < 4.78 is 5.33. The highest BCUT2D eigenvalue weighted by Crippen LogP contribution is 2.27. The smallest absolute Gasteiger partial charge is 0.266 e. The van der Waals surface area contributed by atoms with Crippen molar-refractivity contribution in [3.8, 4) is 5.75 Å². The van der Waals surface area contributed by atoms with Gasteiger partial charge in [-0.2, -0.15) is 0 Å². The van der Waals surface area contributed by atoms with Crippen molar-refractivity contribution in [1.29, 1.82) is 0 Å². The summed E-state index contributed by atoms with van der Waals surface area (Å²) in [6, 6.07) is 3.55. The van der Waals surface area contributed by atoms with Crippen molar-refractivity contribution in [1.82, 2.24) is 4.98 Å². The van der Waals surface area contributed by atoms with Crippen LogP contribution in [0.15, 0.2) is 12.1 Å². The molecule has 1 aromatic heterocycles. The van der Waals surface area contributed by atoms with Gasteiger partial charge in [0.05, 0.1) is 7.85 Å². The maximum absolute atomic E-state index is 11.2. The summed E-state index contributed by atoms with van der Waals surface area (Å²) in [7, 11) is 5.43. The second kappa shape index (κ2) is 5.54. The zero-order valence-corrected chi connectivity index (χ0v) is 9.78. The molecular weight excluding hydrogens is 203 g/mol. The van der Waals surface area contributed by atoms with Crippen LogP contribution in [0.5, 0.6) is 5.75 Å². The van der Waals surface area contributed by atoms with E-state index in [1.165, 1.54) is 0 Å². The van der Waals surface area contributed by atoms with E-state index in [0.717, 1.165) is 5.69 Å². The predicted octanol–water partition coefficient (Wildman–Crippen LogP) is 1.74. The zero-order chi connectivity index (χ0) is 12.1. The predicted molar refractivity (Wildman–Crippen MR) is 65.9 cm³/mol. The number of amides is 1. The highest BCUT2D eigenvalue weighted by molar-refractivity contribution is 6.08. The number of fused-ring (bicyclic) bond motifs is 1. The molecule has 1 amide bonds. The summed E-state index contributed by atoms with van der Waals surface area (Å²) in [5.41, 5.74) is 0.724. The quantitative estimate of drug-likeness (QED) is 0.733. The van der Waals surface area contributed by atoms with E-state index in [4.69, 9.17) is 12.6 Å². The van der Waals surface area contributed by atoms with Gasteiger partial charge < -0.3 is 10.1 Å². The Kier molecular flexibility index (Phi) is 4.34. The van der Waals surface area contributed by atoms with Gasteiger partial charge in [-0.15, -0.1) is 0 Å². The number of pyridine rings is 1. The number of ether oxygens (including phenoxy) is 1. The van der Waals surface area contributed by atoms with Crippen LogP contribution in [0, 0.1) is 0 Å². The second-order valence-corrected chi connectivity index (χ2v) is 3.10. The summed E-state index contributed by atoms with van der Waals surface area (Å²) in [6.07, 6.45) is -0.119. The second-order valence-electron chi connectivity index (χ2n) is 3.10. The van der Waals surface area contributed by atoms with Gasteiger partial charge in [0, 0.05) is 7.12 Å². The third-order valence-corrected chi connectivity index (χ3v) is 2.04. The number of hydrogen-bond acceptors (Lipinski definition) is 3. The molecule has 0 saturated carbocycles. The lowest BCUT2D eigenvalue weighted by atomic mass is 10.0. The molecule has 0 saturated heterocycles. The Balaban J connectivity index is 0.000000811. The number of nitrogens with zero attached hydrogens (tertiary/aromatic N) is 1. The maximum Gasteiger partial charge on any atom is 0.266 e. The van der Waals surface area contributed by atoms with Crippen LogP contribution in [-0.2, 0) is 11.1 Å². The van der Waals surface area contributed by atoms with Crippen LogP contribution in [0.2, 0.25) is 0 Å². The molecule has 2 rings (SSSR count). The summed E-state index contributed by atoms with van der Waals surface area (Å²) in [6.45, 7) is 5.69. The molecular formula is C11H17BN2O2. The van der Waals surface area contributed by atoms with Crippen LogP contribution in [0.1, 0.15) is 27.9 Å². The molecule has 1 N–H and O–H groups in total. The van der Waals surface area contributed by atoms with Crippen molar-refractivity contribution in [3.05, 3.63) is 17.8 Å². The molecule has 16 heavy (non-hydrogen) atoms. The van der Waals surface area contributed by atoms with Crippen molar-refractivity contribution < 1.29 is 11.0 Å². The van der Waals surface area contributed by atoms with E-state index in [1.807, 2.05) is 13.8 Å². The Morgan fingerprint density at radius 1 is 1.56 bits per heavy atom. The molecule has 0 spiro atoms. The topological polar surface area (TPSA) is 51.2 Å². The molecule has 86 valence electrons. The van der Waals surface area contributed by atoms with E-state index < -0.39 is 6.10 Å². The first-order valence-electron chi connectivity index (χ1n) is 5.38. The van der Waals surface area contributed by atoms with E-state index in [9.17, 15) is 4.79 Å². The summed E-state index contributed by atoms with van der Waals surface area (Å²) in [5.74, 6) is 0.865. The van der Waals surface area contributed by atoms with Crippen molar-refractivity contribution in [2.24, 2.45) is 0 Å². The molecule has 1 unspecified atom stereocenters. The first kappa shape index (κ1) is 12.6. The van der Waals surface area contributed by atoms with Crippen LogP contribution < -0.4 is 10.1 Å². The van der Waals surface area contributed by atoms with Gasteiger partial charge in [0.25, 0.3) is 5.91 Å². The van der Waals surface area contributed by atoms with Crippen LogP contribution in [0.3, 0.4) is 0 Å². The van der Waals surface area contributed by atoms with Crippen LogP contribution in [-0.4, -0.2) is 24.8 Å². The van der Waals surface area contributed by atoms with Gasteiger partial charge in [0.15, 0.2) is 17.7 Å². The molecule has 2 heterocycles. The van der Waals surface area contributed by atoms with Crippen molar-refractivity contribution >= 4 is 19.6 Å². The van der Waals surface area contributed by atoms with E-state index in [0.29, 0.717) is 17.9 Å². The first-order chi connectivity index (χ1) is 7.70. The number of carbonyl (C=O) groups excluding carboxylic acids is 1. The lowest BCUT2D eigenvalue weighted by molar-refractivity contribution is -0.122. The molecule has 1 aromatic rings.